The van der Waals surface area contributed by atoms with E-state index in [1.807, 2.05) is 13.8 Å². The van der Waals surface area contributed by atoms with Crippen LogP contribution in [-0.2, 0) is 4.79 Å². The molecule has 96 valence electrons. The first kappa shape index (κ1) is 13.8. The van der Waals surface area contributed by atoms with Crippen LogP contribution >= 0.6 is 0 Å². The second-order valence-electron chi connectivity index (χ2n) is 4.09. The molecule has 0 saturated carbocycles. The molecule has 0 aliphatic rings. The molecule has 0 atom stereocenters. The van der Waals surface area contributed by atoms with Gasteiger partial charge in [-0.2, -0.15) is 0 Å². The maximum Gasteiger partial charge on any atom is 0.290 e. The highest BCUT2D eigenvalue weighted by Crippen LogP contribution is 2.15. The Morgan fingerprint density at radius 3 is 2.67 bits per heavy atom. The molecular formula is C12H15N3O3. The van der Waals surface area contributed by atoms with Gasteiger partial charge in [0.15, 0.2) is 0 Å². The summed E-state index contributed by atoms with van der Waals surface area (Å²) in [6, 6.07) is 2.95. The Balaban J connectivity index is 2.80. The van der Waals surface area contributed by atoms with Crippen molar-refractivity contribution in [1.82, 2.24) is 10.3 Å². The average Bonchev–Trinajstić information content (AvgIpc) is 2.25. The minimum Gasteiger partial charge on any atom is -0.350 e. The van der Waals surface area contributed by atoms with Gasteiger partial charge in [0.1, 0.15) is 5.69 Å². The number of nitrogens with one attached hydrogen (secondary N) is 1. The first-order valence-corrected chi connectivity index (χ1v) is 5.50. The van der Waals surface area contributed by atoms with Gasteiger partial charge in [-0.05, 0) is 32.9 Å². The zero-order chi connectivity index (χ0) is 13.7. The van der Waals surface area contributed by atoms with Crippen LogP contribution in [0.2, 0.25) is 0 Å². The molecule has 0 aromatic carbocycles. The number of aryl methyl sites for hydroxylation is 1. The molecule has 0 aliphatic carbocycles. The van der Waals surface area contributed by atoms with Crippen molar-refractivity contribution in [3.8, 4) is 0 Å². The van der Waals surface area contributed by atoms with Crippen LogP contribution in [0, 0.1) is 17.0 Å². The van der Waals surface area contributed by atoms with Crippen LogP contribution in [0.5, 0.6) is 0 Å². The number of rotatable bonds is 4. The van der Waals surface area contributed by atoms with E-state index < -0.39 is 4.92 Å². The monoisotopic (exact) mass is 249 g/mol. The molecule has 1 rings (SSSR count). The molecule has 0 saturated heterocycles. The van der Waals surface area contributed by atoms with E-state index in [2.05, 4.69) is 10.3 Å². The van der Waals surface area contributed by atoms with E-state index in [9.17, 15) is 14.9 Å². The zero-order valence-electron chi connectivity index (χ0n) is 10.5. The van der Waals surface area contributed by atoms with Crippen LogP contribution in [0.15, 0.2) is 18.2 Å². The summed E-state index contributed by atoms with van der Waals surface area (Å²) >= 11 is 0. The number of amides is 1. The van der Waals surface area contributed by atoms with E-state index in [0.29, 0.717) is 11.4 Å². The lowest BCUT2D eigenvalue weighted by molar-refractivity contribution is -0.385. The van der Waals surface area contributed by atoms with Crippen LogP contribution < -0.4 is 5.32 Å². The Kier molecular flexibility index (Phi) is 4.53. The van der Waals surface area contributed by atoms with E-state index >= 15 is 0 Å². The number of nitro groups is 1. The van der Waals surface area contributed by atoms with Crippen molar-refractivity contribution in [2.24, 2.45) is 0 Å². The third-order valence-corrected chi connectivity index (χ3v) is 2.11. The van der Waals surface area contributed by atoms with Crippen LogP contribution in [0.25, 0.3) is 6.08 Å². The van der Waals surface area contributed by atoms with Gasteiger partial charge in [0.2, 0.25) is 5.91 Å². The van der Waals surface area contributed by atoms with E-state index in [-0.39, 0.29) is 17.6 Å². The van der Waals surface area contributed by atoms with E-state index in [1.165, 1.54) is 24.3 Å². The van der Waals surface area contributed by atoms with Gasteiger partial charge >= 0.3 is 0 Å². The Morgan fingerprint density at radius 2 is 2.17 bits per heavy atom. The number of hydrogen-bond donors (Lipinski definition) is 1. The molecule has 18 heavy (non-hydrogen) atoms. The Hall–Kier alpha value is -2.24. The number of nitrogens with zero attached hydrogens (tertiary/aromatic N) is 2. The molecule has 1 aromatic heterocycles. The minimum atomic E-state index is -0.485. The molecule has 0 bridgehead atoms. The van der Waals surface area contributed by atoms with Gasteiger partial charge < -0.3 is 5.32 Å². The summed E-state index contributed by atoms with van der Waals surface area (Å²) in [5.74, 6) is -0.220. The first-order valence-electron chi connectivity index (χ1n) is 5.50. The van der Waals surface area contributed by atoms with Crippen LogP contribution in [0.1, 0.15) is 25.2 Å². The highest BCUT2D eigenvalue weighted by molar-refractivity contribution is 5.91. The van der Waals surface area contributed by atoms with Crippen molar-refractivity contribution < 1.29 is 9.72 Å². The topological polar surface area (TPSA) is 85.1 Å². The van der Waals surface area contributed by atoms with E-state index in [0.717, 1.165) is 0 Å². The largest absolute Gasteiger partial charge is 0.350 e. The summed E-state index contributed by atoms with van der Waals surface area (Å²) in [7, 11) is 0. The van der Waals surface area contributed by atoms with E-state index in [1.54, 1.807) is 6.92 Å². The fourth-order valence-electron chi connectivity index (χ4n) is 1.35. The molecular weight excluding hydrogens is 234 g/mol. The standard InChI is InChI=1S/C12H15N3O3/c1-8(2)13-12(16)7-5-10-4-6-11(15(17)18)9(3)14-10/h4-8H,1-3H3,(H,13,16). The lowest BCUT2D eigenvalue weighted by atomic mass is 10.2. The lowest BCUT2D eigenvalue weighted by Crippen LogP contribution is -2.28. The maximum absolute atomic E-state index is 11.4. The average molecular weight is 249 g/mol. The van der Waals surface area contributed by atoms with Gasteiger partial charge in [0.05, 0.1) is 10.6 Å². The summed E-state index contributed by atoms with van der Waals surface area (Å²) in [6.45, 7) is 5.28. The molecule has 6 heteroatoms. The highest BCUT2D eigenvalue weighted by Gasteiger charge is 2.10. The molecule has 0 spiro atoms. The first-order chi connectivity index (χ1) is 8.40. The van der Waals surface area contributed by atoms with Gasteiger partial charge in [-0.25, -0.2) is 4.98 Å². The Morgan fingerprint density at radius 1 is 1.50 bits per heavy atom. The molecule has 6 nitrogen and oxygen atoms in total. The van der Waals surface area contributed by atoms with Crippen molar-refractivity contribution in [3.63, 3.8) is 0 Å². The van der Waals surface area contributed by atoms with E-state index in [4.69, 9.17) is 0 Å². The second kappa shape index (κ2) is 5.90. The van der Waals surface area contributed by atoms with Gasteiger partial charge in [-0.3, -0.25) is 14.9 Å². The number of pyridine rings is 1. The predicted octanol–water partition coefficient (Wildman–Crippen LogP) is 1.84. The van der Waals surface area contributed by atoms with Crippen LogP contribution in [0.4, 0.5) is 5.69 Å². The maximum atomic E-state index is 11.4. The van der Waals surface area contributed by atoms with Crippen molar-refractivity contribution in [1.29, 1.82) is 0 Å². The van der Waals surface area contributed by atoms with Crippen molar-refractivity contribution >= 4 is 17.7 Å². The zero-order valence-corrected chi connectivity index (χ0v) is 10.5. The van der Waals surface area contributed by atoms with Crippen molar-refractivity contribution in [2.45, 2.75) is 26.8 Å². The normalized spacial score (nSPS) is 10.9. The van der Waals surface area contributed by atoms with Crippen LogP contribution in [0.3, 0.4) is 0 Å². The smallest absolute Gasteiger partial charge is 0.290 e. The van der Waals surface area contributed by atoms with Gasteiger partial charge in [-0.1, -0.05) is 0 Å². The van der Waals surface area contributed by atoms with Crippen molar-refractivity contribution in [2.75, 3.05) is 0 Å². The molecule has 0 aliphatic heterocycles. The molecule has 1 amide bonds. The number of hydrogen-bond acceptors (Lipinski definition) is 4. The summed E-state index contributed by atoms with van der Waals surface area (Å²) in [6.07, 6.45) is 2.88. The van der Waals surface area contributed by atoms with Crippen molar-refractivity contribution in [3.05, 3.63) is 39.7 Å². The Labute approximate surface area is 105 Å². The molecule has 0 radical (unpaired) electrons. The number of carbonyl (C=O) groups is 1. The second-order valence-corrected chi connectivity index (χ2v) is 4.09. The summed E-state index contributed by atoms with van der Waals surface area (Å²) in [5, 5.41) is 13.3. The van der Waals surface area contributed by atoms with Crippen LogP contribution in [-0.4, -0.2) is 21.9 Å². The lowest BCUT2D eigenvalue weighted by Gasteiger charge is -2.04. The molecule has 0 unspecified atom stereocenters. The molecule has 1 aromatic rings. The Bertz CT molecular complexity index is 495. The summed E-state index contributed by atoms with van der Waals surface area (Å²) < 4.78 is 0. The molecule has 1 heterocycles. The fourth-order valence-corrected chi connectivity index (χ4v) is 1.35. The minimum absolute atomic E-state index is 0.0289. The molecule has 1 N–H and O–H groups in total. The predicted molar refractivity (Wildman–Crippen MR) is 67.9 cm³/mol. The fraction of sp³-hybridized carbons (Fsp3) is 0.333. The van der Waals surface area contributed by atoms with Gasteiger partial charge in [0.25, 0.3) is 5.69 Å². The number of carbonyl (C=O) groups excluding carboxylic acids is 1. The quantitative estimate of drug-likeness (QED) is 0.501. The highest BCUT2D eigenvalue weighted by atomic mass is 16.6. The van der Waals surface area contributed by atoms with Gasteiger partial charge in [-0.15, -0.1) is 0 Å². The third-order valence-electron chi connectivity index (χ3n) is 2.11. The summed E-state index contributed by atoms with van der Waals surface area (Å²) in [4.78, 5) is 25.5. The summed E-state index contributed by atoms with van der Waals surface area (Å²) in [5.41, 5.74) is 0.808. The number of aromatic nitrogens is 1. The van der Waals surface area contributed by atoms with Gasteiger partial charge in [0, 0.05) is 18.2 Å². The SMILES string of the molecule is Cc1nc(C=CC(=O)NC(C)C)ccc1[N+](=O)[O-]. The third kappa shape index (κ3) is 3.97. The molecule has 0 fully saturated rings.